The van der Waals surface area contributed by atoms with Crippen molar-refractivity contribution in [2.75, 3.05) is 20.3 Å². The van der Waals surface area contributed by atoms with E-state index >= 15 is 0 Å². The minimum Gasteiger partial charge on any atom is -0.494 e. The molecule has 14 heteroatoms. The number of aromatic nitrogens is 2. The zero-order chi connectivity index (χ0) is 33.1. The van der Waals surface area contributed by atoms with E-state index in [1.54, 1.807) is 52.0 Å². The molecule has 0 saturated carbocycles. The van der Waals surface area contributed by atoms with Gasteiger partial charge in [-0.1, -0.05) is 23.7 Å². The van der Waals surface area contributed by atoms with Gasteiger partial charge in [-0.2, -0.15) is 13.2 Å². The molecule has 2 aromatic heterocycles. The number of benzene rings is 2. The number of hydrogen-bond donors (Lipinski definition) is 2. The Morgan fingerprint density at radius 1 is 1.07 bits per heavy atom. The van der Waals surface area contributed by atoms with Crippen molar-refractivity contribution in [3.8, 4) is 17.2 Å². The number of aliphatic hydroxyl groups excluding tert-OH is 1. The van der Waals surface area contributed by atoms with Crippen LogP contribution in [0, 0.1) is 0 Å². The number of methoxy groups -OCH3 is 1. The highest BCUT2D eigenvalue weighted by atomic mass is 35.5. The number of carbonyl (C=O) groups excluding carboxylic acids is 2. The van der Waals surface area contributed by atoms with Crippen molar-refractivity contribution in [2.45, 2.75) is 52.1 Å². The van der Waals surface area contributed by atoms with Gasteiger partial charge in [-0.25, -0.2) is 14.8 Å². The number of amides is 2. The van der Waals surface area contributed by atoms with Crippen LogP contribution in [0.1, 0.15) is 61.2 Å². The molecule has 0 bridgehead atoms. The topological polar surface area (TPSA) is 127 Å². The summed E-state index contributed by atoms with van der Waals surface area (Å²) in [5, 5.41) is 13.1. The molecule has 4 rings (SSSR count). The van der Waals surface area contributed by atoms with Gasteiger partial charge in [0.15, 0.2) is 11.5 Å². The maximum atomic E-state index is 14.0. The highest BCUT2D eigenvalue weighted by Gasteiger charge is 2.34. The fourth-order valence-electron chi connectivity index (χ4n) is 4.48. The molecule has 1 atom stereocenters. The monoisotopic (exact) mass is 648 g/mol. The highest BCUT2D eigenvalue weighted by Crippen LogP contribution is 2.38. The molecule has 0 aliphatic heterocycles. The molecule has 2 aromatic carbocycles. The lowest BCUT2D eigenvalue weighted by molar-refractivity contribution is -0.140. The molecule has 2 amide bonds. The molecule has 0 spiro atoms. The standard InChI is InChI=1S/C31H32ClF3N4O6/c1-17(36-29(42)45-30(2,3)4)26-25(28(41)39(14-15-40)16-18-6-8-19(32)9-7-18)38-27(44-26)21-10-12-22(43-5)24-20(21)11-13-23(37-24)31(33,34)35/h6-13,17,40H,14-16H2,1-5H3,(H,36,42)/t17-/m0/s1. The van der Waals surface area contributed by atoms with Crippen molar-refractivity contribution in [3.05, 3.63) is 76.3 Å². The van der Waals surface area contributed by atoms with Gasteiger partial charge in [-0.05, 0) is 69.7 Å². The first kappa shape index (κ1) is 33.5. The number of alkyl carbamates (subject to hydrolysis) is 1. The van der Waals surface area contributed by atoms with Crippen LogP contribution in [0.25, 0.3) is 22.4 Å². The predicted molar refractivity (Wildman–Crippen MR) is 160 cm³/mol. The second-order valence-electron chi connectivity index (χ2n) is 11.1. The van der Waals surface area contributed by atoms with Crippen LogP contribution < -0.4 is 10.1 Å². The van der Waals surface area contributed by atoms with Gasteiger partial charge in [0, 0.05) is 29.1 Å². The summed E-state index contributed by atoms with van der Waals surface area (Å²) in [5.41, 5.74) is -1.26. The first-order chi connectivity index (χ1) is 21.1. The second kappa shape index (κ2) is 13.3. The van der Waals surface area contributed by atoms with Crippen LogP contribution in [0.4, 0.5) is 18.0 Å². The van der Waals surface area contributed by atoms with Crippen molar-refractivity contribution in [3.63, 3.8) is 0 Å². The van der Waals surface area contributed by atoms with E-state index < -0.39 is 35.5 Å². The molecule has 0 fully saturated rings. The molecule has 2 N–H and O–H groups in total. The van der Waals surface area contributed by atoms with E-state index in [2.05, 4.69) is 15.3 Å². The Morgan fingerprint density at radius 3 is 2.36 bits per heavy atom. The fraction of sp³-hybridized carbons (Fsp3) is 0.355. The Labute approximate surface area is 262 Å². The van der Waals surface area contributed by atoms with Gasteiger partial charge in [-0.3, -0.25) is 4.79 Å². The lowest BCUT2D eigenvalue weighted by Gasteiger charge is -2.23. The maximum absolute atomic E-state index is 14.0. The van der Waals surface area contributed by atoms with E-state index in [-0.39, 0.29) is 59.3 Å². The molecule has 240 valence electrons. The van der Waals surface area contributed by atoms with Gasteiger partial charge in [0.1, 0.15) is 22.6 Å². The number of ether oxygens (including phenoxy) is 2. The Balaban J connectivity index is 1.83. The van der Waals surface area contributed by atoms with Crippen molar-refractivity contribution in [2.24, 2.45) is 0 Å². The van der Waals surface area contributed by atoms with Crippen molar-refractivity contribution >= 4 is 34.5 Å². The molecule has 2 heterocycles. The third-order valence-electron chi connectivity index (χ3n) is 6.49. The van der Waals surface area contributed by atoms with E-state index in [0.717, 1.165) is 11.6 Å². The molecule has 0 radical (unpaired) electrons. The Bertz CT molecular complexity index is 1690. The van der Waals surface area contributed by atoms with Crippen LogP contribution in [0.3, 0.4) is 0 Å². The van der Waals surface area contributed by atoms with Crippen LogP contribution in [0.15, 0.2) is 52.9 Å². The zero-order valence-electron chi connectivity index (χ0n) is 25.2. The van der Waals surface area contributed by atoms with Crippen LogP contribution in [0.2, 0.25) is 5.02 Å². The summed E-state index contributed by atoms with van der Waals surface area (Å²) < 4.78 is 57.2. The predicted octanol–water partition coefficient (Wildman–Crippen LogP) is 6.79. The largest absolute Gasteiger partial charge is 0.494 e. The molecular weight excluding hydrogens is 617 g/mol. The number of carbonyl (C=O) groups is 2. The zero-order valence-corrected chi connectivity index (χ0v) is 25.9. The van der Waals surface area contributed by atoms with E-state index in [0.29, 0.717) is 5.02 Å². The average Bonchev–Trinajstić information content (AvgIpc) is 3.41. The number of nitrogens with one attached hydrogen (secondary N) is 1. The SMILES string of the molecule is COc1ccc(-c2nc(C(=O)N(CCO)Cc3ccc(Cl)cc3)c([C@H](C)NC(=O)OC(C)(C)C)o2)c2ccc(C(F)(F)F)nc12. The smallest absolute Gasteiger partial charge is 0.433 e. The van der Waals surface area contributed by atoms with Gasteiger partial charge < -0.3 is 29.2 Å². The van der Waals surface area contributed by atoms with Crippen LogP contribution in [0.5, 0.6) is 5.75 Å². The Kier molecular flexibility index (Phi) is 9.93. The van der Waals surface area contributed by atoms with Gasteiger partial charge in [0.05, 0.1) is 19.8 Å². The van der Waals surface area contributed by atoms with Crippen LogP contribution in [-0.2, 0) is 17.5 Å². The molecule has 0 aliphatic rings. The summed E-state index contributed by atoms with van der Waals surface area (Å²) in [5.74, 6) is -0.698. The summed E-state index contributed by atoms with van der Waals surface area (Å²) in [6.07, 6.45) is -5.48. The number of hydrogen-bond acceptors (Lipinski definition) is 8. The van der Waals surface area contributed by atoms with Gasteiger partial charge in [0.2, 0.25) is 5.89 Å². The third kappa shape index (κ3) is 8.03. The molecule has 4 aromatic rings. The fourth-order valence-corrected chi connectivity index (χ4v) is 4.60. The number of aliphatic hydroxyl groups is 1. The quantitative estimate of drug-likeness (QED) is 0.203. The number of fused-ring (bicyclic) bond motifs is 1. The minimum absolute atomic E-state index is 0.0382. The van der Waals surface area contributed by atoms with Crippen LogP contribution in [-0.4, -0.2) is 57.8 Å². The number of nitrogens with zero attached hydrogens (tertiary/aromatic N) is 3. The summed E-state index contributed by atoms with van der Waals surface area (Å²) in [6, 6.07) is 10.8. The lowest BCUT2D eigenvalue weighted by Crippen LogP contribution is -2.36. The normalized spacial score (nSPS) is 12.6. The first-order valence-corrected chi connectivity index (χ1v) is 14.2. The summed E-state index contributed by atoms with van der Waals surface area (Å²) in [7, 11) is 1.30. The molecular formula is C31H32ClF3N4O6. The molecule has 0 saturated heterocycles. The van der Waals surface area contributed by atoms with Crippen LogP contribution >= 0.6 is 11.6 Å². The molecule has 0 aliphatic carbocycles. The van der Waals surface area contributed by atoms with Crippen molar-refractivity contribution in [1.82, 2.24) is 20.2 Å². The van der Waals surface area contributed by atoms with Gasteiger partial charge >= 0.3 is 12.3 Å². The maximum Gasteiger partial charge on any atom is 0.433 e. The minimum atomic E-state index is -4.70. The summed E-state index contributed by atoms with van der Waals surface area (Å²) >= 11 is 6.00. The summed E-state index contributed by atoms with van der Waals surface area (Å²) in [6.45, 7) is 6.29. The third-order valence-corrected chi connectivity index (χ3v) is 6.74. The Hall–Kier alpha value is -4.36. The van der Waals surface area contributed by atoms with E-state index in [9.17, 15) is 27.9 Å². The number of pyridine rings is 1. The van der Waals surface area contributed by atoms with E-state index in [4.69, 9.17) is 25.5 Å². The molecule has 0 unspecified atom stereocenters. The van der Waals surface area contributed by atoms with Gasteiger partial charge in [-0.15, -0.1) is 0 Å². The second-order valence-corrected chi connectivity index (χ2v) is 11.5. The molecule has 10 nitrogen and oxygen atoms in total. The van der Waals surface area contributed by atoms with Crippen molar-refractivity contribution in [1.29, 1.82) is 0 Å². The van der Waals surface area contributed by atoms with E-state index in [1.807, 2.05) is 0 Å². The number of rotatable bonds is 9. The van der Waals surface area contributed by atoms with Crippen molar-refractivity contribution < 1.29 is 41.8 Å². The Morgan fingerprint density at radius 2 is 1.76 bits per heavy atom. The average molecular weight is 649 g/mol. The lowest BCUT2D eigenvalue weighted by atomic mass is 10.1. The number of halogens is 4. The van der Waals surface area contributed by atoms with Gasteiger partial charge in [0.25, 0.3) is 5.91 Å². The first-order valence-electron chi connectivity index (χ1n) is 13.8. The number of alkyl halides is 3. The van der Waals surface area contributed by atoms with E-state index in [1.165, 1.54) is 30.2 Å². The number of oxazole rings is 1. The highest BCUT2D eigenvalue weighted by molar-refractivity contribution is 6.30. The summed E-state index contributed by atoms with van der Waals surface area (Å²) in [4.78, 5) is 36.2. The molecule has 45 heavy (non-hydrogen) atoms.